The number of sulfonamides is 1. The van der Waals surface area contributed by atoms with E-state index in [9.17, 15) is 18.3 Å². The molecule has 4 atom stereocenters. The average molecular weight is 432 g/mol. The summed E-state index contributed by atoms with van der Waals surface area (Å²) in [5.41, 5.74) is 2.56. The van der Waals surface area contributed by atoms with Crippen LogP contribution >= 0.6 is 0 Å². The fourth-order valence-electron chi connectivity index (χ4n) is 4.43. The maximum Gasteiger partial charge on any atom is 0.303 e. The van der Waals surface area contributed by atoms with E-state index in [0.717, 1.165) is 16.7 Å². The third kappa shape index (κ3) is 4.35. The predicted octanol–water partition coefficient (Wildman–Crippen LogP) is 1.84. The molecule has 30 heavy (non-hydrogen) atoms. The van der Waals surface area contributed by atoms with Crippen LogP contribution < -0.4 is 9.46 Å². The van der Waals surface area contributed by atoms with Gasteiger partial charge in [-0.15, -0.1) is 0 Å². The zero-order valence-corrected chi connectivity index (χ0v) is 17.2. The van der Waals surface area contributed by atoms with Gasteiger partial charge in [0.05, 0.1) is 17.9 Å². The molecule has 0 radical (unpaired) electrons. The van der Waals surface area contributed by atoms with Crippen molar-refractivity contribution in [1.82, 2.24) is 4.72 Å². The maximum atomic E-state index is 12.7. The van der Waals surface area contributed by atoms with Gasteiger partial charge in [0.2, 0.25) is 10.0 Å². The number of aryl methyl sites for hydroxylation is 2. The number of nitrogens with one attached hydrogen (secondary N) is 1. The van der Waals surface area contributed by atoms with E-state index >= 15 is 0 Å². The lowest BCUT2D eigenvalue weighted by molar-refractivity contribution is -0.136. The Morgan fingerprint density at radius 2 is 1.87 bits per heavy atom. The zero-order chi connectivity index (χ0) is 21.3. The Morgan fingerprint density at radius 3 is 2.60 bits per heavy atom. The molecule has 8 heteroatoms. The highest BCUT2D eigenvalue weighted by Gasteiger charge is 2.51. The van der Waals surface area contributed by atoms with Crippen molar-refractivity contribution in [2.75, 3.05) is 5.75 Å². The third-order valence-electron chi connectivity index (χ3n) is 5.86. The zero-order valence-electron chi connectivity index (χ0n) is 16.4. The number of carboxylic acid groups (broad SMARTS) is 1. The van der Waals surface area contributed by atoms with Gasteiger partial charge in [-0.3, -0.25) is 4.79 Å². The van der Waals surface area contributed by atoms with Crippen LogP contribution in [0.2, 0.25) is 0 Å². The van der Waals surface area contributed by atoms with E-state index in [1.165, 1.54) is 0 Å². The first-order chi connectivity index (χ1) is 14.3. The van der Waals surface area contributed by atoms with E-state index in [0.29, 0.717) is 25.0 Å². The predicted molar refractivity (Wildman–Crippen MR) is 111 cm³/mol. The van der Waals surface area contributed by atoms with Gasteiger partial charge in [-0.2, -0.15) is 0 Å². The molecule has 0 bridgehead atoms. The first-order valence-corrected chi connectivity index (χ1v) is 11.7. The molecule has 2 aromatic rings. The van der Waals surface area contributed by atoms with E-state index in [2.05, 4.69) is 4.72 Å². The number of hydrogen-bond acceptors (Lipinski definition) is 5. The number of carbonyl (C=O) groups is 1. The molecule has 2 aromatic carbocycles. The lowest BCUT2D eigenvalue weighted by atomic mass is 9.92. The highest BCUT2D eigenvalue weighted by atomic mass is 32.2. The number of hydrogen-bond donors (Lipinski definition) is 3. The van der Waals surface area contributed by atoms with Crippen LogP contribution in [0.25, 0.3) is 0 Å². The normalized spacial score (nSPS) is 24.8. The number of ether oxygens (including phenoxy) is 1. The second kappa shape index (κ2) is 8.37. The largest absolute Gasteiger partial charge is 0.489 e. The second-order valence-corrected chi connectivity index (χ2v) is 9.79. The summed E-state index contributed by atoms with van der Waals surface area (Å²) < 4.78 is 34.2. The molecule has 3 N–H and O–H groups in total. The standard InChI is InChI=1S/C22H25NO6S/c24-17-13-18-20(16-8-4-7-15(22(16)29-18)9-10-19(25)26)21(17)23-30(27,28)12-11-14-5-2-1-3-6-14/h1-8,17-18,20-21,23-24H,9-13H2,(H,25,26). The summed E-state index contributed by atoms with van der Waals surface area (Å²) in [5.74, 6) is -0.616. The number of benzene rings is 2. The summed E-state index contributed by atoms with van der Waals surface area (Å²) in [4.78, 5) is 10.9. The van der Waals surface area contributed by atoms with Crippen LogP contribution in [0.4, 0.5) is 0 Å². The molecule has 1 saturated carbocycles. The number of para-hydroxylation sites is 1. The highest BCUT2D eigenvalue weighted by Crippen LogP contribution is 2.48. The van der Waals surface area contributed by atoms with Crippen molar-refractivity contribution < 1.29 is 28.2 Å². The Bertz CT molecular complexity index is 1020. The SMILES string of the molecule is O=C(O)CCc1cccc2c1OC1CC(O)C(NS(=O)(=O)CCc3ccccc3)C21. The van der Waals surface area contributed by atoms with Crippen LogP contribution in [0.5, 0.6) is 5.75 Å². The first kappa shape index (κ1) is 20.8. The number of fused-ring (bicyclic) bond motifs is 3. The Labute approximate surface area is 175 Å². The van der Waals surface area contributed by atoms with Gasteiger partial charge in [0.15, 0.2) is 0 Å². The van der Waals surface area contributed by atoms with Crippen molar-refractivity contribution in [3.63, 3.8) is 0 Å². The Morgan fingerprint density at radius 1 is 1.10 bits per heavy atom. The van der Waals surface area contributed by atoms with Crippen LogP contribution in [0.15, 0.2) is 48.5 Å². The lowest BCUT2D eigenvalue weighted by Gasteiger charge is -2.22. The van der Waals surface area contributed by atoms with E-state index in [4.69, 9.17) is 9.84 Å². The maximum absolute atomic E-state index is 12.7. The van der Waals surface area contributed by atoms with Crippen molar-refractivity contribution in [1.29, 1.82) is 0 Å². The van der Waals surface area contributed by atoms with Crippen LogP contribution in [0.1, 0.15) is 35.4 Å². The van der Waals surface area contributed by atoms with Crippen LogP contribution in [0, 0.1) is 0 Å². The number of aliphatic hydroxyl groups is 1. The Kier molecular flexibility index (Phi) is 5.81. The molecule has 1 heterocycles. The van der Waals surface area contributed by atoms with Crippen molar-refractivity contribution >= 4 is 16.0 Å². The van der Waals surface area contributed by atoms with Crippen molar-refractivity contribution in [3.05, 3.63) is 65.2 Å². The van der Waals surface area contributed by atoms with Crippen LogP contribution in [-0.2, 0) is 27.7 Å². The van der Waals surface area contributed by atoms with Crippen LogP contribution in [0.3, 0.4) is 0 Å². The van der Waals surface area contributed by atoms with Gasteiger partial charge in [0, 0.05) is 24.3 Å². The molecule has 1 aliphatic carbocycles. The molecule has 0 saturated heterocycles. The van der Waals surface area contributed by atoms with Crippen LogP contribution in [-0.4, -0.2) is 48.6 Å². The van der Waals surface area contributed by atoms with E-state index in [1.54, 1.807) is 0 Å². The van der Waals surface area contributed by atoms with Gasteiger partial charge in [0.25, 0.3) is 0 Å². The summed E-state index contributed by atoms with van der Waals surface area (Å²) >= 11 is 0. The van der Waals surface area contributed by atoms with E-state index in [1.807, 2.05) is 48.5 Å². The molecule has 0 spiro atoms. The Balaban J connectivity index is 1.51. The van der Waals surface area contributed by atoms with E-state index < -0.39 is 28.1 Å². The fraction of sp³-hybridized carbons (Fsp3) is 0.409. The monoisotopic (exact) mass is 431 g/mol. The molecular formula is C22H25NO6S. The third-order valence-corrected chi connectivity index (χ3v) is 7.23. The topological polar surface area (TPSA) is 113 Å². The first-order valence-electron chi connectivity index (χ1n) is 10.1. The minimum Gasteiger partial charge on any atom is -0.489 e. The quantitative estimate of drug-likeness (QED) is 0.588. The molecule has 1 fully saturated rings. The molecule has 0 aromatic heterocycles. The van der Waals surface area contributed by atoms with Crippen molar-refractivity contribution in [2.24, 2.45) is 0 Å². The molecule has 4 rings (SSSR count). The number of carboxylic acids is 1. The molecule has 1 aliphatic heterocycles. The lowest BCUT2D eigenvalue weighted by Crippen LogP contribution is -2.44. The van der Waals surface area contributed by atoms with Gasteiger partial charge >= 0.3 is 5.97 Å². The van der Waals surface area contributed by atoms with Crippen molar-refractivity contribution in [3.8, 4) is 5.75 Å². The van der Waals surface area contributed by atoms with E-state index in [-0.39, 0.29) is 24.2 Å². The second-order valence-electron chi connectivity index (χ2n) is 7.91. The molecule has 0 amide bonds. The van der Waals surface area contributed by atoms with Gasteiger partial charge in [0.1, 0.15) is 11.9 Å². The highest BCUT2D eigenvalue weighted by molar-refractivity contribution is 7.89. The molecule has 2 aliphatic rings. The average Bonchev–Trinajstić information content (AvgIpc) is 3.21. The summed E-state index contributed by atoms with van der Waals surface area (Å²) in [7, 11) is -3.61. The van der Waals surface area contributed by atoms with Gasteiger partial charge < -0.3 is 14.9 Å². The molecule has 4 unspecified atom stereocenters. The van der Waals surface area contributed by atoms with Gasteiger partial charge in [-0.25, -0.2) is 13.1 Å². The van der Waals surface area contributed by atoms with Gasteiger partial charge in [-0.05, 0) is 24.0 Å². The number of aliphatic hydroxyl groups excluding tert-OH is 1. The molecule has 7 nitrogen and oxygen atoms in total. The van der Waals surface area contributed by atoms with Gasteiger partial charge in [-0.1, -0.05) is 48.5 Å². The number of rotatable bonds is 8. The summed E-state index contributed by atoms with van der Waals surface area (Å²) in [6.07, 6.45) is -0.130. The number of aliphatic carboxylic acids is 1. The smallest absolute Gasteiger partial charge is 0.303 e. The molecule has 160 valence electrons. The summed E-state index contributed by atoms with van der Waals surface area (Å²) in [5, 5.41) is 19.5. The summed E-state index contributed by atoms with van der Waals surface area (Å²) in [6, 6.07) is 14.2. The minimum absolute atomic E-state index is 0.00663. The fourth-order valence-corrected chi connectivity index (χ4v) is 5.77. The summed E-state index contributed by atoms with van der Waals surface area (Å²) in [6.45, 7) is 0. The Hall–Kier alpha value is -2.42. The minimum atomic E-state index is -3.61. The van der Waals surface area contributed by atoms with Crippen molar-refractivity contribution in [2.45, 2.75) is 49.9 Å². The molecular weight excluding hydrogens is 406 g/mol.